The van der Waals surface area contributed by atoms with Gasteiger partial charge in [0.15, 0.2) is 0 Å². The van der Waals surface area contributed by atoms with E-state index < -0.39 is 6.03 Å². The largest absolute Gasteiger partial charge is 0.351 e. The molecule has 0 aliphatic rings. The van der Waals surface area contributed by atoms with E-state index in [1.807, 2.05) is 42.1 Å². The minimum absolute atomic E-state index is 0.506. The van der Waals surface area contributed by atoms with Crippen molar-refractivity contribution in [3.63, 3.8) is 0 Å². The van der Waals surface area contributed by atoms with E-state index in [0.717, 1.165) is 20.3 Å². The molecule has 0 unspecified atom stereocenters. The molecule has 0 fully saturated rings. The monoisotopic (exact) mass is 371 g/mol. The van der Waals surface area contributed by atoms with Crippen LogP contribution in [0.25, 0.3) is 10.9 Å². The molecular weight excluding hydrogens is 358 g/mol. The van der Waals surface area contributed by atoms with Gasteiger partial charge in [0.05, 0.1) is 5.69 Å². The van der Waals surface area contributed by atoms with Crippen molar-refractivity contribution in [2.45, 2.75) is 0 Å². The number of rotatable bonds is 3. The van der Waals surface area contributed by atoms with Crippen molar-refractivity contribution in [3.05, 3.63) is 59.2 Å². The maximum Gasteiger partial charge on any atom is 0.332 e. The van der Waals surface area contributed by atoms with Crippen LogP contribution in [0, 0.1) is 0 Å². The number of nitrogens with zero attached hydrogens (tertiary/aromatic N) is 2. The molecule has 0 atom stereocenters. The smallest absolute Gasteiger partial charge is 0.332 e. The average molecular weight is 372 g/mol. The average Bonchev–Trinajstić information content (AvgIpc) is 2.89. The molecule has 0 saturated carbocycles. The lowest BCUT2D eigenvalue weighted by Gasteiger charge is -2.17. The van der Waals surface area contributed by atoms with E-state index in [2.05, 4.69) is 21.2 Å². The van der Waals surface area contributed by atoms with Gasteiger partial charge in [0, 0.05) is 34.3 Å². The van der Waals surface area contributed by atoms with Crippen molar-refractivity contribution in [2.75, 3.05) is 10.2 Å². The lowest BCUT2D eigenvalue weighted by Crippen LogP contribution is -2.33. The second-order valence-corrected chi connectivity index (χ2v) is 6.00. The minimum Gasteiger partial charge on any atom is -0.351 e. The molecule has 0 spiro atoms. The number of amides is 3. The Hall–Kier alpha value is -2.60. The fourth-order valence-electron chi connectivity index (χ4n) is 2.39. The topological polar surface area (TPSA) is 54.3 Å². The van der Waals surface area contributed by atoms with E-state index in [0.29, 0.717) is 17.8 Å². The summed E-state index contributed by atoms with van der Waals surface area (Å²) in [6.45, 7) is 0. The molecule has 3 rings (SSSR count). The van der Waals surface area contributed by atoms with Crippen LogP contribution >= 0.6 is 15.9 Å². The number of nitrogens with one attached hydrogen (secondary N) is 1. The fourth-order valence-corrected chi connectivity index (χ4v) is 2.79. The predicted octanol–water partition coefficient (Wildman–Crippen LogP) is 4.14. The molecule has 1 N–H and O–H groups in total. The zero-order chi connectivity index (χ0) is 16.4. The standard InChI is InChI=1S/C17H14BrN3O2/c1-20-8-7-12-9-15(5-6-16(12)20)21(11-22)17(23)19-14-4-2-3-13(18)10-14/h2-11H,1H3,(H,19,23). The molecule has 6 heteroatoms. The van der Waals surface area contributed by atoms with E-state index in [1.54, 1.807) is 24.3 Å². The molecule has 1 aromatic heterocycles. The van der Waals surface area contributed by atoms with Crippen LogP contribution in [0.1, 0.15) is 0 Å². The number of fused-ring (bicyclic) bond motifs is 1. The molecular formula is C17H14BrN3O2. The number of halogens is 1. The number of carbonyl (C=O) groups is 2. The highest BCUT2D eigenvalue weighted by Crippen LogP contribution is 2.23. The molecule has 0 bridgehead atoms. The molecule has 3 amide bonds. The summed E-state index contributed by atoms with van der Waals surface area (Å²) in [4.78, 5) is 24.8. The van der Waals surface area contributed by atoms with Crippen molar-refractivity contribution in [1.29, 1.82) is 0 Å². The van der Waals surface area contributed by atoms with Gasteiger partial charge < -0.3 is 9.88 Å². The Balaban J connectivity index is 1.88. The predicted molar refractivity (Wildman–Crippen MR) is 94.6 cm³/mol. The Kier molecular flexibility index (Phi) is 4.16. The number of hydrogen-bond acceptors (Lipinski definition) is 2. The van der Waals surface area contributed by atoms with Crippen molar-refractivity contribution in [2.24, 2.45) is 7.05 Å². The van der Waals surface area contributed by atoms with E-state index in [-0.39, 0.29) is 0 Å². The SMILES string of the molecule is Cn1ccc2cc(N(C=O)C(=O)Nc3cccc(Br)c3)ccc21. The zero-order valence-electron chi connectivity index (χ0n) is 12.4. The van der Waals surface area contributed by atoms with Gasteiger partial charge in [-0.3, -0.25) is 4.79 Å². The van der Waals surface area contributed by atoms with Crippen LogP contribution in [0.15, 0.2) is 59.2 Å². The molecule has 2 aromatic carbocycles. The van der Waals surface area contributed by atoms with Crippen LogP contribution < -0.4 is 10.2 Å². The van der Waals surface area contributed by atoms with Gasteiger partial charge in [-0.25, -0.2) is 9.69 Å². The van der Waals surface area contributed by atoms with Crippen LogP contribution in [0.4, 0.5) is 16.2 Å². The number of hydrogen-bond donors (Lipinski definition) is 1. The Bertz CT molecular complexity index is 888. The van der Waals surface area contributed by atoms with Gasteiger partial charge in [-0.05, 0) is 42.5 Å². The molecule has 1 heterocycles. The van der Waals surface area contributed by atoms with Gasteiger partial charge in [0.25, 0.3) is 0 Å². The fraction of sp³-hybridized carbons (Fsp3) is 0.0588. The summed E-state index contributed by atoms with van der Waals surface area (Å²) in [5.74, 6) is 0. The Morgan fingerprint density at radius 3 is 2.78 bits per heavy atom. The van der Waals surface area contributed by atoms with Gasteiger partial charge >= 0.3 is 6.03 Å². The maximum atomic E-state index is 12.4. The Morgan fingerprint density at radius 1 is 1.22 bits per heavy atom. The van der Waals surface area contributed by atoms with Crippen molar-refractivity contribution < 1.29 is 9.59 Å². The highest BCUT2D eigenvalue weighted by Gasteiger charge is 2.16. The number of benzene rings is 2. The first-order chi connectivity index (χ1) is 11.1. The number of urea groups is 1. The van der Waals surface area contributed by atoms with Crippen LogP contribution in [-0.2, 0) is 11.8 Å². The van der Waals surface area contributed by atoms with E-state index in [1.165, 1.54) is 0 Å². The summed E-state index contributed by atoms with van der Waals surface area (Å²) in [5.41, 5.74) is 2.16. The second kappa shape index (κ2) is 6.26. The number of anilines is 2. The van der Waals surface area contributed by atoms with Gasteiger partial charge in [-0.15, -0.1) is 0 Å². The first-order valence-corrected chi connectivity index (χ1v) is 7.74. The van der Waals surface area contributed by atoms with Gasteiger partial charge in [0.2, 0.25) is 6.41 Å². The molecule has 0 radical (unpaired) electrons. The van der Waals surface area contributed by atoms with Crippen molar-refractivity contribution in [3.8, 4) is 0 Å². The number of aromatic nitrogens is 1. The number of aryl methyl sites for hydroxylation is 1. The van der Waals surface area contributed by atoms with Crippen LogP contribution in [-0.4, -0.2) is 17.0 Å². The first kappa shape index (κ1) is 15.3. The number of imide groups is 1. The lowest BCUT2D eigenvalue weighted by molar-refractivity contribution is -0.106. The summed E-state index contributed by atoms with van der Waals surface area (Å²) < 4.78 is 2.82. The van der Waals surface area contributed by atoms with E-state index in [4.69, 9.17) is 0 Å². The van der Waals surface area contributed by atoms with Crippen LogP contribution in [0.5, 0.6) is 0 Å². The highest BCUT2D eigenvalue weighted by atomic mass is 79.9. The Labute approximate surface area is 141 Å². The van der Waals surface area contributed by atoms with Crippen molar-refractivity contribution in [1.82, 2.24) is 4.57 Å². The maximum absolute atomic E-state index is 12.4. The lowest BCUT2D eigenvalue weighted by atomic mass is 10.2. The summed E-state index contributed by atoms with van der Waals surface area (Å²) in [6.07, 6.45) is 2.44. The van der Waals surface area contributed by atoms with Gasteiger partial charge in [-0.1, -0.05) is 22.0 Å². The molecule has 0 aliphatic heterocycles. The summed E-state index contributed by atoms with van der Waals surface area (Å²) in [6, 6.07) is 14.1. The third-order valence-electron chi connectivity index (χ3n) is 3.55. The van der Waals surface area contributed by atoms with Gasteiger partial charge in [0.1, 0.15) is 0 Å². The van der Waals surface area contributed by atoms with Gasteiger partial charge in [-0.2, -0.15) is 0 Å². The highest BCUT2D eigenvalue weighted by molar-refractivity contribution is 9.10. The van der Waals surface area contributed by atoms with Crippen LogP contribution in [0.3, 0.4) is 0 Å². The van der Waals surface area contributed by atoms with E-state index in [9.17, 15) is 9.59 Å². The molecule has 0 saturated heterocycles. The van der Waals surface area contributed by atoms with E-state index >= 15 is 0 Å². The summed E-state index contributed by atoms with van der Waals surface area (Å²) >= 11 is 3.34. The second-order valence-electron chi connectivity index (χ2n) is 5.09. The van der Waals surface area contributed by atoms with Crippen LogP contribution in [0.2, 0.25) is 0 Å². The van der Waals surface area contributed by atoms with Crippen molar-refractivity contribution >= 4 is 50.6 Å². The first-order valence-electron chi connectivity index (χ1n) is 6.94. The zero-order valence-corrected chi connectivity index (χ0v) is 13.9. The molecule has 116 valence electrons. The summed E-state index contributed by atoms with van der Waals surface area (Å²) in [5, 5.41) is 3.67. The number of carbonyl (C=O) groups excluding carboxylic acids is 2. The molecule has 0 aliphatic carbocycles. The molecule has 3 aromatic rings. The normalized spacial score (nSPS) is 10.5. The third kappa shape index (κ3) is 3.12. The third-order valence-corrected chi connectivity index (χ3v) is 4.04. The minimum atomic E-state index is -0.506. The summed E-state index contributed by atoms with van der Waals surface area (Å²) in [7, 11) is 1.94. The molecule has 5 nitrogen and oxygen atoms in total. The Morgan fingerprint density at radius 2 is 2.04 bits per heavy atom. The quantitative estimate of drug-likeness (QED) is 0.703. The molecule has 23 heavy (non-hydrogen) atoms.